The predicted octanol–water partition coefficient (Wildman–Crippen LogP) is 0.838. The number of amides is 1. The van der Waals surface area contributed by atoms with Crippen molar-refractivity contribution < 1.29 is 9.90 Å². The molecule has 1 N–H and O–H groups in total. The summed E-state index contributed by atoms with van der Waals surface area (Å²) >= 11 is 0. The molecule has 0 radical (unpaired) electrons. The van der Waals surface area contributed by atoms with E-state index >= 15 is 0 Å². The quantitative estimate of drug-likeness (QED) is 0.823. The van der Waals surface area contributed by atoms with Crippen molar-refractivity contribution in [3.05, 3.63) is 24.3 Å². The third kappa shape index (κ3) is 1.96. The van der Waals surface area contributed by atoms with Gasteiger partial charge in [-0.25, -0.2) is 9.78 Å². The summed E-state index contributed by atoms with van der Waals surface area (Å²) in [4.78, 5) is 23.1. The molecule has 2 aromatic rings. The normalized spacial score (nSPS) is 16.1. The van der Waals surface area contributed by atoms with Gasteiger partial charge in [0.2, 0.25) is 5.95 Å². The van der Waals surface area contributed by atoms with Crippen LogP contribution < -0.4 is 4.90 Å². The molecule has 2 aromatic heterocycles. The number of carbonyl (C=O) groups is 1. The standard InChI is InChI=1S/C12H15N5O2/c1-9-10-8-14-11(17(10)3-2-13-9)15-4-6-16(7-5-15)12(18)19/h2-3,8H,4-7H2,1H3,(H,18,19). The molecule has 0 aliphatic carbocycles. The molecule has 0 unspecified atom stereocenters. The monoisotopic (exact) mass is 261 g/mol. The van der Waals surface area contributed by atoms with Crippen LogP contribution in [0.25, 0.3) is 5.52 Å². The smallest absolute Gasteiger partial charge is 0.407 e. The number of nitrogens with zero attached hydrogens (tertiary/aromatic N) is 5. The maximum absolute atomic E-state index is 10.9. The zero-order valence-electron chi connectivity index (χ0n) is 10.7. The van der Waals surface area contributed by atoms with Crippen molar-refractivity contribution in [1.82, 2.24) is 19.3 Å². The van der Waals surface area contributed by atoms with Crippen LogP contribution in [0.5, 0.6) is 0 Å². The van der Waals surface area contributed by atoms with Gasteiger partial charge in [-0.15, -0.1) is 0 Å². The van der Waals surface area contributed by atoms with Crippen molar-refractivity contribution in [2.24, 2.45) is 0 Å². The van der Waals surface area contributed by atoms with Gasteiger partial charge >= 0.3 is 6.09 Å². The van der Waals surface area contributed by atoms with Crippen molar-refractivity contribution in [3.63, 3.8) is 0 Å². The van der Waals surface area contributed by atoms with Gasteiger partial charge < -0.3 is 14.9 Å². The second-order valence-electron chi connectivity index (χ2n) is 4.58. The highest BCUT2D eigenvalue weighted by Gasteiger charge is 2.23. The minimum Gasteiger partial charge on any atom is -0.465 e. The Hall–Kier alpha value is -2.31. The number of aromatic nitrogens is 3. The Morgan fingerprint density at radius 3 is 2.68 bits per heavy atom. The van der Waals surface area contributed by atoms with Crippen LogP contribution in [0.1, 0.15) is 5.69 Å². The van der Waals surface area contributed by atoms with Crippen LogP contribution in [-0.2, 0) is 0 Å². The van der Waals surface area contributed by atoms with Gasteiger partial charge in [-0.1, -0.05) is 0 Å². The highest BCUT2D eigenvalue weighted by Crippen LogP contribution is 2.18. The lowest BCUT2D eigenvalue weighted by Crippen LogP contribution is -2.48. The molecule has 1 aliphatic rings. The number of hydrogen-bond donors (Lipinski definition) is 1. The number of carboxylic acid groups (broad SMARTS) is 1. The van der Waals surface area contributed by atoms with Gasteiger partial charge in [0.15, 0.2) is 0 Å². The molecule has 19 heavy (non-hydrogen) atoms. The minimum absolute atomic E-state index is 0.508. The van der Waals surface area contributed by atoms with Gasteiger partial charge in [-0.2, -0.15) is 0 Å². The lowest BCUT2D eigenvalue weighted by atomic mass is 10.3. The Morgan fingerprint density at radius 1 is 1.26 bits per heavy atom. The molecule has 7 nitrogen and oxygen atoms in total. The zero-order chi connectivity index (χ0) is 13.4. The fourth-order valence-corrected chi connectivity index (χ4v) is 2.38. The molecule has 1 fully saturated rings. The molecule has 7 heteroatoms. The van der Waals surface area contributed by atoms with Crippen molar-refractivity contribution in [3.8, 4) is 0 Å². The molecule has 0 spiro atoms. The first-order valence-corrected chi connectivity index (χ1v) is 6.18. The summed E-state index contributed by atoms with van der Waals surface area (Å²) in [5.74, 6) is 0.852. The van der Waals surface area contributed by atoms with Crippen molar-refractivity contribution >= 4 is 17.6 Å². The molecule has 0 atom stereocenters. The van der Waals surface area contributed by atoms with E-state index in [2.05, 4.69) is 14.9 Å². The average molecular weight is 261 g/mol. The third-order valence-electron chi connectivity index (χ3n) is 3.46. The molecule has 0 saturated carbocycles. The summed E-state index contributed by atoms with van der Waals surface area (Å²) in [6.45, 7) is 4.28. The van der Waals surface area contributed by atoms with Crippen LogP contribution >= 0.6 is 0 Å². The molecular formula is C12H15N5O2. The van der Waals surface area contributed by atoms with Crippen molar-refractivity contribution in [2.45, 2.75) is 6.92 Å². The molecular weight excluding hydrogens is 246 g/mol. The number of imidazole rings is 1. The molecule has 100 valence electrons. The van der Waals surface area contributed by atoms with Gasteiger partial charge in [0.05, 0.1) is 17.4 Å². The first kappa shape index (κ1) is 11.8. The van der Waals surface area contributed by atoms with E-state index in [1.165, 1.54) is 4.90 Å². The molecule has 0 bridgehead atoms. The first-order chi connectivity index (χ1) is 9.16. The molecule has 1 saturated heterocycles. The van der Waals surface area contributed by atoms with Crippen LogP contribution in [0.2, 0.25) is 0 Å². The van der Waals surface area contributed by atoms with E-state index in [1.54, 1.807) is 12.4 Å². The van der Waals surface area contributed by atoms with Gasteiger partial charge in [0, 0.05) is 38.6 Å². The summed E-state index contributed by atoms with van der Waals surface area (Å²) in [5.41, 5.74) is 1.92. The van der Waals surface area contributed by atoms with E-state index < -0.39 is 6.09 Å². The van der Waals surface area contributed by atoms with E-state index in [-0.39, 0.29) is 0 Å². The van der Waals surface area contributed by atoms with Crippen LogP contribution in [0.3, 0.4) is 0 Å². The summed E-state index contributed by atoms with van der Waals surface area (Å²) in [6, 6.07) is 0. The predicted molar refractivity (Wildman–Crippen MR) is 69.5 cm³/mol. The Balaban J connectivity index is 1.86. The Morgan fingerprint density at radius 2 is 2.00 bits per heavy atom. The maximum Gasteiger partial charge on any atom is 0.407 e. The maximum atomic E-state index is 10.9. The van der Waals surface area contributed by atoms with Crippen LogP contribution in [0.15, 0.2) is 18.6 Å². The molecule has 1 amide bonds. The summed E-state index contributed by atoms with van der Waals surface area (Å²) in [7, 11) is 0. The Bertz CT molecular complexity index is 616. The second kappa shape index (κ2) is 4.42. The largest absolute Gasteiger partial charge is 0.465 e. The van der Waals surface area contributed by atoms with Gasteiger partial charge in [0.1, 0.15) is 0 Å². The van der Waals surface area contributed by atoms with Crippen LogP contribution in [0, 0.1) is 6.92 Å². The summed E-state index contributed by atoms with van der Waals surface area (Å²) in [5, 5.41) is 8.94. The number of fused-ring (bicyclic) bond motifs is 1. The van der Waals surface area contributed by atoms with E-state index in [4.69, 9.17) is 5.11 Å². The zero-order valence-corrected chi connectivity index (χ0v) is 10.7. The number of hydrogen-bond acceptors (Lipinski definition) is 4. The first-order valence-electron chi connectivity index (χ1n) is 6.18. The topological polar surface area (TPSA) is 74.0 Å². The van der Waals surface area contributed by atoms with Crippen LogP contribution in [0.4, 0.5) is 10.7 Å². The van der Waals surface area contributed by atoms with E-state index in [9.17, 15) is 4.79 Å². The highest BCUT2D eigenvalue weighted by atomic mass is 16.4. The second-order valence-corrected chi connectivity index (χ2v) is 4.58. The average Bonchev–Trinajstić information content (AvgIpc) is 2.84. The minimum atomic E-state index is -0.854. The Kier molecular flexibility index (Phi) is 2.73. The fourth-order valence-electron chi connectivity index (χ4n) is 2.38. The molecule has 0 aromatic carbocycles. The molecule has 3 rings (SSSR count). The van der Waals surface area contributed by atoms with Gasteiger partial charge in [0.25, 0.3) is 0 Å². The summed E-state index contributed by atoms with van der Waals surface area (Å²) in [6.07, 6.45) is 4.59. The van der Waals surface area contributed by atoms with E-state index in [0.29, 0.717) is 26.2 Å². The lowest BCUT2D eigenvalue weighted by molar-refractivity contribution is 0.142. The van der Waals surface area contributed by atoms with Crippen LogP contribution in [-0.4, -0.2) is 56.6 Å². The summed E-state index contributed by atoms with van der Waals surface area (Å²) < 4.78 is 2.00. The molecule has 1 aliphatic heterocycles. The Labute approximate surface area is 110 Å². The fraction of sp³-hybridized carbons (Fsp3) is 0.417. The van der Waals surface area contributed by atoms with Gasteiger partial charge in [-0.3, -0.25) is 9.38 Å². The highest BCUT2D eigenvalue weighted by molar-refractivity contribution is 5.65. The lowest BCUT2D eigenvalue weighted by Gasteiger charge is -2.33. The van der Waals surface area contributed by atoms with E-state index in [1.807, 2.05) is 17.5 Å². The number of anilines is 1. The SMILES string of the molecule is Cc1nccn2c(N3CCN(C(=O)O)CC3)ncc12. The number of piperazine rings is 1. The van der Waals surface area contributed by atoms with E-state index in [0.717, 1.165) is 17.2 Å². The molecule has 3 heterocycles. The van der Waals surface area contributed by atoms with Crippen molar-refractivity contribution in [2.75, 3.05) is 31.1 Å². The number of rotatable bonds is 1. The third-order valence-corrected chi connectivity index (χ3v) is 3.46. The van der Waals surface area contributed by atoms with Crippen molar-refractivity contribution in [1.29, 1.82) is 0 Å². The number of aryl methyl sites for hydroxylation is 1. The van der Waals surface area contributed by atoms with Gasteiger partial charge in [-0.05, 0) is 6.92 Å².